The van der Waals surface area contributed by atoms with Crippen molar-refractivity contribution >= 4 is 17.5 Å². The average Bonchev–Trinajstić information content (AvgIpc) is 2.50. The molecular formula is C11H20ClNO2. The van der Waals surface area contributed by atoms with Crippen LogP contribution in [-0.4, -0.2) is 29.5 Å². The summed E-state index contributed by atoms with van der Waals surface area (Å²) in [4.78, 5) is 11.9. The fraction of sp³-hybridized carbons (Fsp3) is 0.909. The summed E-state index contributed by atoms with van der Waals surface area (Å²) >= 11 is 6.00. The Morgan fingerprint density at radius 2 is 2.20 bits per heavy atom. The van der Waals surface area contributed by atoms with E-state index < -0.39 is 0 Å². The highest BCUT2D eigenvalue weighted by Gasteiger charge is 2.33. The number of ether oxygens (including phenoxy) is 1. The third kappa shape index (κ3) is 3.35. The second-order valence-electron chi connectivity index (χ2n) is 4.90. The highest BCUT2D eigenvalue weighted by molar-refractivity contribution is 6.21. The Morgan fingerprint density at radius 1 is 1.60 bits per heavy atom. The van der Waals surface area contributed by atoms with E-state index in [2.05, 4.69) is 5.32 Å². The second kappa shape index (κ2) is 4.71. The van der Waals surface area contributed by atoms with Gasteiger partial charge in [-0.05, 0) is 34.1 Å². The minimum Gasteiger partial charge on any atom is -0.378 e. The number of carbonyl (C=O) groups excluding carboxylic acids is 1. The lowest BCUT2D eigenvalue weighted by molar-refractivity contribution is -0.126. The smallest absolute Gasteiger partial charge is 0.225 e. The van der Waals surface area contributed by atoms with E-state index in [0.29, 0.717) is 6.61 Å². The van der Waals surface area contributed by atoms with Crippen LogP contribution in [0.25, 0.3) is 0 Å². The molecule has 15 heavy (non-hydrogen) atoms. The summed E-state index contributed by atoms with van der Waals surface area (Å²) in [7, 11) is 0. The number of rotatable bonds is 3. The van der Waals surface area contributed by atoms with Crippen molar-refractivity contribution in [2.75, 3.05) is 6.61 Å². The zero-order valence-electron chi connectivity index (χ0n) is 9.84. The third-order valence-electron chi connectivity index (χ3n) is 3.01. The van der Waals surface area contributed by atoms with E-state index >= 15 is 0 Å². The van der Waals surface area contributed by atoms with Crippen LogP contribution in [0.5, 0.6) is 0 Å². The molecule has 1 aliphatic heterocycles. The summed E-state index contributed by atoms with van der Waals surface area (Å²) in [5, 5.41) is 2.87. The largest absolute Gasteiger partial charge is 0.378 e. The zero-order valence-corrected chi connectivity index (χ0v) is 10.6. The van der Waals surface area contributed by atoms with Crippen LogP contribution in [0.15, 0.2) is 0 Å². The molecule has 1 rings (SSSR count). The van der Waals surface area contributed by atoms with E-state index in [1.54, 1.807) is 0 Å². The van der Waals surface area contributed by atoms with Crippen LogP contribution < -0.4 is 5.32 Å². The van der Waals surface area contributed by atoms with Gasteiger partial charge in [0.1, 0.15) is 0 Å². The van der Waals surface area contributed by atoms with Gasteiger partial charge in [-0.1, -0.05) is 0 Å². The van der Waals surface area contributed by atoms with Crippen LogP contribution in [0.1, 0.15) is 34.1 Å². The molecule has 0 aromatic rings. The van der Waals surface area contributed by atoms with Gasteiger partial charge in [-0.3, -0.25) is 4.79 Å². The van der Waals surface area contributed by atoms with Crippen LogP contribution in [-0.2, 0) is 9.53 Å². The Hall–Kier alpha value is -0.280. The van der Waals surface area contributed by atoms with Gasteiger partial charge in [-0.2, -0.15) is 0 Å². The topological polar surface area (TPSA) is 38.3 Å². The van der Waals surface area contributed by atoms with Crippen molar-refractivity contribution in [3.8, 4) is 0 Å². The lowest BCUT2D eigenvalue weighted by atomic mass is 9.98. The zero-order chi connectivity index (χ0) is 11.6. The highest BCUT2D eigenvalue weighted by atomic mass is 35.5. The molecule has 0 bridgehead atoms. The van der Waals surface area contributed by atoms with E-state index in [1.165, 1.54) is 0 Å². The molecule has 4 heteroatoms. The van der Waals surface area contributed by atoms with Crippen molar-refractivity contribution in [3.05, 3.63) is 0 Å². The molecule has 1 fully saturated rings. The fourth-order valence-electron chi connectivity index (χ4n) is 1.52. The number of hydrogen-bond acceptors (Lipinski definition) is 2. The molecule has 1 saturated heterocycles. The van der Waals surface area contributed by atoms with Crippen LogP contribution >= 0.6 is 11.6 Å². The summed E-state index contributed by atoms with van der Waals surface area (Å²) in [6, 6.07) is 0. The number of alkyl halides is 1. The van der Waals surface area contributed by atoms with Crippen molar-refractivity contribution in [2.45, 2.75) is 51.1 Å². The SMILES string of the molecule is CC1CC(C(=O)NC(C)(C)C(C)Cl)CO1. The third-order valence-corrected chi connectivity index (χ3v) is 3.55. The minimum absolute atomic E-state index is 0.0188. The first-order valence-corrected chi connectivity index (χ1v) is 5.84. The first-order valence-electron chi connectivity index (χ1n) is 5.40. The minimum atomic E-state index is -0.371. The summed E-state index contributed by atoms with van der Waals surface area (Å²) in [5.74, 6) is 0.0338. The van der Waals surface area contributed by atoms with Gasteiger partial charge in [-0.15, -0.1) is 11.6 Å². The molecule has 0 aromatic heterocycles. The summed E-state index contributed by atoms with van der Waals surface area (Å²) in [6.07, 6.45) is 0.996. The number of amides is 1. The Kier molecular flexibility index (Phi) is 4.01. The summed E-state index contributed by atoms with van der Waals surface area (Å²) in [6.45, 7) is 8.27. The molecule has 0 aromatic carbocycles. The molecule has 0 spiro atoms. The molecule has 1 amide bonds. The van der Waals surface area contributed by atoms with Gasteiger partial charge in [-0.25, -0.2) is 0 Å². The van der Waals surface area contributed by atoms with E-state index in [-0.39, 0.29) is 28.8 Å². The molecule has 0 radical (unpaired) electrons. The maximum absolute atomic E-state index is 11.9. The standard InChI is InChI=1S/C11H20ClNO2/c1-7-5-9(6-15-7)10(14)13-11(3,4)8(2)12/h7-9H,5-6H2,1-4H3,(H,13,14). The van der Waals surface area contributed by atoms with Crippen LogP contribution in [0.4, 0.5) is 0 Å². The molecule has 0 aliphatic carbocycles. The van der Waals surface area contributed by atoms with Gasteiger partial charge in [0.25, 0.3) is 0 Å². The molecule has 1 aliphatic rings. The number of nitrogens with one attached hydrogen (secondary N) is 1. The van der Waals surface area contributed by atoms with Gasteiger partial charge in [0.2, 0.25) is 5.91 Å². The van der Waals surface area contributed by atoms with Crippen molar-refractivity contribution in [2.24, 2.45) is 5.92 Å². The molecule has 88 valence electrons. The maximum atomic E-state index is 11.9. The normalized spacial score (nSPS) is 28.9. The second-order valence-corrected chi connectivity index (χ2v) is 5.56. The quantitative estimate of drug-likeness (QED) is 0.757. The maximum Gasteiger partial charge on any atom is 0.225 e. The Morgan fingerprint density at radius 3 is 2.60 bits per heavy atom. The average molecular weight is 234 g/mol. The molecule has 3 unspecified atom stereocenters. The lowest BCUT2D eigenvalue weighted by Crippen LogP contribution is -2.51. The monoisotopic (exact) mass is 233 g/mol. The van der Waals surface area contributed by atoms with E-state index in [1.807, 2.05) is 27.7 Å². The van der Waals surface area contributed by atoms with E-state index in [0.717, 1.165) is 6.42 Å². The number of carbonyl (C=O) groups is 1. The van der Waals surface area contributed by atoms with Gasteiger partial charge >= 0.3 is 0 Å². The molecular weight excluding hydrogens is 214 g/mol. The van der Waals surface area contributed by atoms with Gasteiger partial charge in [0, 0.05) is 0 Å². The van der Waals surface area contributed by atoms with E-state index in [9.17, 15) is 4.79 Å². The van der Waals surface area contributed by atoms with Gasteiger partial charge in [0.05, 0.1) is 29.5 Å². The first kappa shape index (κ1) is 12.8. The molecule has 1 heterocycles. The van der Waals surface area contributed by atoms with Crippen molar-refractivity contribution in [3.63, 3.8) is 0 Å². The summed E-state index contributed by atoms with van der Waals surface area (Å²) in [5.41, 5.74) is -0.371. The highest BCUT2D eigenvalue weighted by Crippen LogP contribution is 2.21. The predicted octanol–water partition coefficient (Wildman–Crippen LogP) is 1.93. The fourth-order valence-corrected chi connectivity index (χ4v) is 1.57. The van der Waals surface area contributed by atoms with Crippen LogP contribution in [0.2, 0.25) is 0 Å². The van der Waals surface area contributed by atoms with E-state index in [4.69, 9.17) is 16.3 Å². The lowest BCUT2D eigenvalue weighted by Gasteiger charge is -2.30. The molecule has 0 saturated carbocycles. The molecule has 1 N–H and O–H groups in total. The molecule has 3 nitrogen and oxygen atoms in total. The number of halogens is 1. The van der Waals surface area contributed by atoms with Crippen LogP contribution in [0.3, 0.4) is 0 Å². The van der Waals surface area contributed by atoms with Crippen molar-refractivity contribution < 1.29 is 9.53 Å². The molecule has 3 atom stereocenters. The Balaban J connectivity index is 2.49. The first-order chi connectivity index (χ1) is 6.83. The Labute approximate surface area is 96.5 Å². The predicted molar refractivity (Wildman–Crippen MR) is 61.1 cm³/mol. The summed E-state index contributed by atoms with van der Waals surface area (Å²) < 4.78 is 5.37. The van der Waals surface area contributed by atoms with Crippen molar-refractivity contribution in [1.29, 1.82) is 0 Å². The van der Waals surface area contributed by atoms with Crippen molar-refractivity contribution in [1.82, 2.24) is 5.32 Å². The van der Waals surface area contributed by atoms with Gasteiger partial charge < -0.3 is 10.1 Å². The Bertz CT molecular complexity index is 241. The number of hydrogen-bond donors (Lipinski definition) is 1. The van der Waals surface area contributed by atoms with Crippen LogP contribution in [0, 0.1) is 5.92 Å². The van der Waals surface area contributed by atoms with Gasteiger partial charge in [0.15, 0.2) is 0 Å².